The van der Waals surface area contributed by atoms with Gasteiger partial charge in [-0.15, -0.1) is 0 Å². The predicted molar refractivity (Wildman–Crippen MR) is 51.4 cm³/mol. The number of ether oxygens (including phenoxy) is 1. The number of esters is 1. The highest BCUT2D eigenvalue weighted by atomic mass is 16.5. The third kappa shape index (κ3) is 7.78. The molecule has 0 heterocycles. The Hall–Kier alpha value is -0.570. The third-order valence-electron chi connectivity index (χ3n) is 1.82. The molecule has 13 heavy (non-hydrogen) atoms. The summed E-state index contributed by atoms with van der Waals surface area (Å²) in [6.07, 6.45) is 3.60. The smallest absolute Gasteiger partial charge is 0.305 e. The second kappa shape index (κ2) is 8.05. The topological polar surface area (TPSA) is 46.5 Å². The van der Waals surface area contributed by atoms with Crippen molar-refractivity contribution in [3.63, 3.8) is 0 Å². The number of carbonyl (C=O) groups excluding carboxylic acids is 1. The maximum absolute atomic E-state index is 11.0. The Balaban J connectivity index is 3.30. The summed E-state index contributed by atoms with van der Waals surface area (Å²) in [7, 11) is 0. The number of aliphatic hydroxyl groups is 1. The van der Waals surface area contributed by atoms with E-state index in [-0.39, 0.29) is 18.5 Å². The van der Waals surface area contributed by atoms with Crippen LogP contribution in [0.5, 0.6) is 0 Å². The molecule has 1 N–H and O–H groups in total. The Kier molecular flexibility index (Phi) is 7.69. The Morgan fingerprint density at radius 1 is 1.46 bits per heavy atom. The normalized spacial score (nSPS) is 12.5. The van der Waals surface area contributed by atoms with Gasteiger partial charge in [0.05, 0.1) is 6.61 Å². The van der Waals surface area contributed by atoms with Gasteiger partial charge in [0.25, 0.3) is 0 Å². The van der Waals surface area contributed by atoms with Crippen LogP contribution in [0, 0.1) is 5.92 Å². The van der Waals surface area contributed by atoms with Gasteiger partial charge in [0, 0.05) is 18.9 Å². The van der Waals surface area contributed by atoms with Gasteiger partial charge in [-0.3, -0.25) is 4.79 Å². The summed E-state index contributed by atoms with van der Waals surface area (Å²) in [4.78, 5) is 11.0. The van der Waals surface area contributed by atoms with Crippen molar-refractivity contribution >= 4 is 5.97 Å². The molecule has 0 aromatic heterocycles. The molecule has 78 valence electrons. The molecule has 0 aliphatic rings. The number of hydrogen-bond acceptors (Lipinski definition) is 3. The van der Waals surface area contributed by atoms with Crippen LogP contribution in [0.15, 0.2) is 0 Å². The summed E-state index contributed by atoms with van der Waals surface area (Å²) in [6.45, 7) is 4.35. The fourth-order valence-corrected chi connectivity index (χ4v) is 0.879. The quantitative estimate of drug-likeness (QED) is 0.489. The molecule has 0 amide bonds. The van der Waals surface area contributed by atoms with Crippen molar-refractivity contribution in [2.24, 2.45) is 5.92 Å². The molecule has 0 saturated heterocycles. The van der Waals surface area contributed by atoms with Crippen molar-refractivity contribution in [1.29, 1.82) is 0 Å². The molecule has 0 saturated carbocycles. The standard InChI is InChI=1S/C10H20O3/c1-3-4-5-6-10(12)13-8-9(2)7-11/h9,11H,3-8H2,1-2H3. The maximum Gasteiger partial charge on any atom is 0.305 e. The van der Waals surface area contributed by atoms with E-state index in [1.54, 1.807) is 0 Å². The summed E-state index contributed by atoms with van der Waals surface area (Å²) in [5.41, 5.74) is 0. The third-order valence-corrected chi connectivity index (χ3v) is 1.82. The first-order valence-corrected chi connectivity index (χ1v) is 4.97. The Labute approximate surface area is 80.1 Å². The number of carbonyl (C=O) groups is 1. The van der Waals surface area contributed by atoms with E-state index in [0.29, 0.717) is 13.0 Å². The lowest BCUT2D eigenvalue weighted by Crippen LogP contribution is -2.14. The van der Waals surface area contributed by atoms with E-state index in [2.05, 4.69) is 6.92 Å². The average molecular weight is 188 g/mol. The van der Waals surface area contributed by atoms with Gasteiger partial charge in [0.1, 0.15) is 0 Å². The van der Waals surface area contributed by atoms with E-state index in [0.717, 1.165) is 19.3 Å². The molecule has 0 rings (SSSR count). The lowest BCUT2D eigenvalue weighted by atomic mass is 10.2. The van der Waals surface area contributed by atoms with Crippen molar-refractivity contribution in [3.8, 4) is 0 Å². The molecule has 1 unspecified atom stereocenters. The lowest BCUT2D eigenvalue weighted by Gasteiger charge is -2.08. The van der Waals surface area contributed by atoms with Crippen LogP contribution in [0.2, 0.25) is 0 Å². The van der Waals surface area contributed by atoms with E-state index >= 15 is 0 Å². The molecular formula is C10H20O3. The largest absolute Gasteiger partial charge is 0.465 e. The average Bonchev–Trinajstić information content (AvgIpc) is 2.14. The highest BCUT2D eigenvalue weighted by Gasteiger charge is 2.05. The molecule has 0 aromatic carbocycles. The fraction of sp³-hybridized carbons (Fsp3) is 0.900. The monoisotopic (exact) mass is 188 g/mol. The summed E-state index contributed by atoms with van der Waals surface area (Å²) >= 11 is 0. The summed E-state index contributed by atoms with van der Waals surface area (Å²) in [5.74, 6) is -0.0936. The van der Waals surface area contributed by atoms with Gasteiger partial charge in [-0.05, 0) is 6.42 Å². The molecule has 3 nitrogen and oxygen atoms in total. The van der Waals surface area contributed by atoms with Gasteiger partial charge in [0.15, 0.2) is 0 Å². The second-order valence-electron chi connectivity index (χ2n) is 3.43. The lowest BCUT2D eigenvalue weighted by molar-refractivity contribution is -0.145. The molecule has 0 fully saturated rings. The first-order chi connectivity index (χ1) is 6.20. The Bertz CT molecular complexity index is 134. The van der Waals surface area contributed by atoms with Gasteiger partial charge in [-0.25, -0.2) is 0 Å². The van der Waals surface area contributed by atoms with Crippen molar-refractivity contribution in [3.05, 3.63) is 0 Å². The summed E-state index contributed by atoms with van der Waals surface area (Å²) in [6, 6.07) is 0. The molecule has 0 radical (unpaired) electrons. The van der Waals surface area contributed by atoms with E-state index in [9.17, 15) is 4.79 Å². The number of rotatable bonds is 7. The zero-order valence-corrected chi connectivity index (χ0v) is 8.58. The van der Waals surface area contributed by atoms with Crippen LogP contribution in [-0.4, -0.2) is 24.3 Å². The molecule has 0 aliphatic carbocycles. The zero-order chi connectivity index (χ0) is 10.1. The highest BCUT2D eigenvalue weighted by molar-refractivity contribution is 5.69. The van der Waals surface area contributed by atoms with Gasteiger partial charge in [-0.2, -0.15) is 0 Å². The summed E-state index contributed by atoms with van der Waals surface area (Å²) < 4.78 is 4.94. The second-order valence-corrected chi connectivity index (χ2v) is 3.43. The molecule has 0 aromatic rings. The Morgan fingerprint density at radius 2 is 2.15 bits per heavy atom. The molecule has 0 aliphatic heterocycles. The van der Waals surface area contributed by atoms with Gasteiger partial charge in [0.2, 0.25) is 0 Å². The minimum atomic E-state index is -0.145. The first-order valence-electron chi connectivity index (χ1n) is 4.97. The highest BCUT2D eigenvalue weighted by Crippen LogP contribution is 2.02. The minimum absolute atomic E-state index is 0.0510. The molecular weight excluding hydrogens is 168 g/mol. The molecule has 0 bridgehead atoms. The minimum Gasteiger partial charge on any atom is -0.465 e. The summed E-state index contributed by atoms with van der Waals surface area (Å²) in [5, 5.41) is 8.67. The van der Waals surface area contributed by atoms with Gasteiger partial charge >= 0.3 is 5.97 Å². The predicted octanol–water partition coefficient (Wildman–Crippen LogP) is 1.74. The van der Waals surface area contributed by atoms with Crippen molar-refractivity contribution in [2.75, 3.05) is 13.2 Å². The Morgan fingerprint density at radius 3 is 2.69 bits per heavy atom. The SMILES string of the molecule is CCCCCC(=O)OCC(C)CO. The fourth-order valence-electron chi connectivity index (χ4n) is 0.879. The van der Waals surface area contributed by atoms with Crippen LogP contribution in [0.4, 0.5) is 0 Å². The molecule has 3 heteroatoms. The van der Waals surface area contributed by atoms with Crippen molar-refractivity contribution < 1.29 is 14.6 Å². The molecule has 1 atom stereocenters. The number of unbranched alkanes of at least 4 members (excludes halogenated alkanes) is 2. The number of hydrogen-bond donors (Lipinski definition) is 1. The maximum atomic E-state index is 11.0. The zero-order valence-electron chi connectivity index (χ0n) is 8.58. The van der Waals surface area contributed by atoms with E-state index in [4.69, 9.17) is 9.84 Å². The van der Waals surface area contributed by atoms with Crippen LogP contribution in [0.25, 0.3) is 0 Å². The van der Waals surface area contributed by atoms with Crippen LogP contribution >= 0.6 is 0 Å². The van der Waals surface area contributed by atoms with E-state index < -0.39 is 0 Å². The van der Waals surface area contributed by atoms with E-state index in [1.807, 2.05) is 6.92 Å². The number of aliphatic hydroxyl groups excluding tert-OH is 1. The van der Waals surface area contributed by atoms with E-state index in [1.165, 1.54) is 0 Å². The van der Waals surface area contributed by atoms with Crippen LogP contribution < -0.4 is 0 Å². The first kappa shape index (κ1) is 12.4. The van der Waals surface area contributed by atoms with Crippen molar-refractivity contribution in [2.45, 2.75) is 39.5 Å². The van der Waals surface area contributed by atoms with Crippen molar-refractivity contribution in [1.82, 2.24) is 0 Å². The van der Waals surface area contributed by atoms with Crippen LogP contribution in [0.1, 0.15) is 39.5 Å². The molecule has 0 spiro atoms. The van der Waals surface area contributed by atoms with Gasteiger partial charge in [-0.1, -0.05) is 26.7 Å². The van der Waals surface area contributed by atoms with Gasteiger partial charge < -0.3 is 9.84 Å². The van der Waals surface area contributed by atoms with Crippen LogP contribution in [0.3, 0.4) is 0 Å². The van der Waals surface area contributed by atoms with Crippen LogP contribution in [-0.2, 0) is 9.53 Å².